The van der Waals surface area contributed by atoms with Crippen LogP contribution in [0.2, 0.25) is 0 Å². The molecule has 3 aromatic rings. The van der Waals surface area contributed by atoms with Crippen molar-refractivity contribution in [1.29, 1.82) is 0 Å². The van der Waals surface area contributed by atoms with Crippen molar-refractivity contribution < 1.29 is 9.53 Å². The Bertz CT molecular complexity index is 973. The van der Waals surface area contributed by atoms with Gasteiger partial charge >= 0.3 is 0 Å². The minimum Gasteiger partial charge on any atom is -0.495 e. The highest BCUT2D eigenvalue weighted by Gasteiger charge is 2.17. The fourth-order valence-electron chi connectivity index (χ4n) is 2.76. The lowest BCUT2D eigenvalue weighted by atomic mass is 9.87. The van der Waals surface area contributed by atoms with Gasteiger partial charge in [-0.05, 0) is 47.7 Å². The summed E-state index contributed by atoms with van der Waals surface area (Å²) in [5, 5.41) is 3.70. The molecule has 1 aromatic heterocycles. The van der Waals surface area contributed by atoms with E-state index < -0.39 is 0 Å². The molecule has 6 heteroatoms. The molecule has 0 unspecified atom stereocenters. The number of fused-ring (bicyclic) bond motifs is 1. The molecular formula is C21H25N3O2S. The Balaban J connectivity index is 1.69. The van der Waals surface area contributed by atoms with Crippen LogP contribution in [0.15, 0.2) is 41.6 Å². The molecule has 27 heavy (non-hydrogen) atoms. The average molecular weight is 384 g/mol. The Hall–Kier alpha value is -2.47. The molecule has 0 saturated heterocycles. The third-order valence-electron chi connectivity index (χ3n) is 4.30. The van der Waals surface area contributed by atoms with Gasteiger partial charge in [0.15, 0.2) is 5.16 Å². The third kappa shape index (κ3) is 4.63. The molecule has 2 N–H and O–H groups in total. The molecule has 5 nitrogen and oxygen atoms in total. The van der Waals surface area contributed by atoms with Crippen molar-refractivity contribution in [3.8, 4) is 5.75 Å². The first-order valence-corrected chi connectivity index (χ1v) is 9.82. The molecule has 3 rings (SSSR count). The number of nitrogens with one attached hydrogen (secondary N) is 2. The maximum absolute atomic E-state index is 12.5. The summed E-state index contributed by atoms with van der Waals surface area (Å²) in [7, 11) is 1.60. The van der Waals surface area contributed by atoms with Gasteiger partial charge in [0.05, 0.1) is 29.6 Å². The van der Waals surface area contributed by atoms with E-state index in [0.717, 1.165) is 21.8 Å². The summed E-state index contributed by atoms with van der Waals surface area (Å²) in [4.78, 5) is 20.2. The van der Waals surface area contributed by atoms with E-state index in [4.69, 9.17) is 4.74 Å². The van der Waals surface area contributed by atoms with Gasteiger partial charge in [-0.25, -0.2) is 4.98 Å². The van der Waals surface area contributed by atoms with Gasteiger partial charge in [0, 0.05) is 0 Å². The van der Waals surface area contributed by atoms with Crippen LogP contribution in [0.5, 0.6) is 5.75 Å². The number of thioether (sulfide) groups is 1. The third-order valence-corrected chi connectivity index (χ3v) is 5.17. The van der Waals surface area contributed by atoms with Crippen LogP contribution >= 0.6 is 11.8 Å². The average Bonchev–Trinajstić information content (AvgIpc) is 3.01. The number of ether oxygens (including phenoxy) is 1. The van der Waals surface area contributed by atoms with E-state index in [1.807, 2.05) is 37.3 Å². The van der Waals surface area contributed by atoms with Gasteiger partial charge in [-0.1, -0.05) is 44.7 Å². The Morgan fingerprint density at radius 3 is 2.70 bits per heavy atom. The smallest absolute Gasteiger partial charge is 0.234 e. The highest BCUT2D eigenvalue weighted by atomic mass is 32.2. The maximum atomic E-state index is 12.5. The molecule has 1 heterocycles. The Morgan fingerprint density at radius 1 is 1.22 bits per heavy atom. The zero-order valence-electron chi connectivity index (χ0n) is 16.3. The summed E-state index contributed by atoms with van der Waals surface area (Å²) in [5.41, 5.74) is 4.88. The summed E-state index contributed by atoms with van der Waals surface area (Å²) in [6.07, 6.45) is 0. The lowest BCUT2D eigenvalue weighted by Gasteiger charge is -2.21. The van der Waals surface area contributed by atoms with E-state index in [1.54, 1.807) is 7.11 Å². The first kappa shape index (κ1) is 19.3. The Morgan fingerprint density at radius 2 is 2.00 bits per heavy atom. The van der Waals surface area contributed by atoms with E-state index in [2.05, 4.69) is 42.1 Å². The number of anilines is 1. The van der Waals surface area contributed by atoms with E-state index in [0.29, 0.717) is 11.4 Å². The van der Waals surface area contributed by atoms with E-state index in [-0.39, 0.29) is 17.1 Å². The fourth-order valence-corrected chi connectivity index (χ4v) is 3.45. The lowest BCUT2D eigenvalue weighted by molar-refractivity contribution is -0.113. The second-order valence-corrected chi connectivity index (χ2v) is 8.53. The molecule has 0 aliphatic carbocycles. The highest BCUT2D eigenvalue weighted by molar-refractivity contribution is 7.99. The second-order valence-electron chi connectivity index (χ2n) is 7.56. The summed E-state index contributed by atoms with van der Waals surface area (Å²) >= 11 is 1.38. The Labute approximate surface area is 163 Å². The first-order valence-electron chi connectivity index (χ1n) is 8.84. The first-order chi connectivity index (χ1) is 12.8. The number of H-pyrrole nitrogens is 1. The molecule has 1 amide bonds. The number of nitrogens with zero attached hydrogens (tertiary/aromatic N) is 1. The van der Waals surface area contributed by atoms with Crippen LogP contribution in [0, 0.1) is 6.92 Å². The zero-order valence-corrected chi connectivity index (χ0v) is 17.2. The number of methoxy groups -OCH3 is 1. The summed E-state index contributed by atoms with van der Waals surface area (Å²) in [6, 6.07) is 12.0. The molecule has 142 valence electrons. The van der Waals surface area contributed by atoms with Gasteiger partial charge in [0.1, 0.15) is 5.75 Å². The minimum absolute atomic E-state index is 0.00704. The summed E-state index contributed by atoms with van der Waals surface area (Å²) < 4.78 is 5.39. The second kappa shape index (κ2) is 7.64. The molecular weight excluding hydrogens is 358 g/mol. The number of aryl methyl sites for hydroxylation is 1. The number of aromatic amines is 1. The molecule has 0 saturated carbocycles. The number of hydrogen-bond acceptors (Lipinski definition) is 4. The van der Waals surface area contributed by atoms with Gasteiger partial charge in [-0.15, -0.1) is 0 Å². The van der Waals surface area contributed by atoms with Crippen molar-refractivity contribution in [2.45, 2.75) is 38.3 Å². The summed E-state index contributed by atoms with van der Waals surface area (Å²) in [5.74, 6) is 0.823. The fraction of sp³-hybridized carbons (Fsp3) is 0.333. The lowest BCUT2D eigenvalue weighted by Crippen LogP contribution is -2.17. The summed E-state index contributed by atoms with van der Waals surface area (Å²) in [6.45, 7) is 8.46. The van der Waals surface area contributed by atoms with Crippen molar-refractivity contribution in [3.05, 3.63) is 47.5 Å². The van der Waals surface area contributed by atoms with Crippen LogP contribution in [0.25, 0.3) is 11.0 Å². The minimum atomic E-state index is -0.0963. The highest BCUT2D eigenvalue weighted by Crippen LogP contribution is 2.31. The molecule has 0 atom stereocenters. The van der Waals surface area contributed by atoms with Crippen LogP contribution in [0.4, 0.5) is 5.69 Å². The van der Waals surface area contributed by atoms with Gasteiger partial charge in [0.25, 0.3) is 0 Å². The van der Waals surface area contributed by atoms with Crippen LogP contribution in [-0.2, 0) is 10.2 Å². The molecule has 2 aromatic carbocycles. The molecule has 0 spiro atoms. The molecule has 0 radical (unpaired) electrons. The predicted molar refractivity (Wildman–Crippen MR) is 112 cm³/mol. The molecule has 0 bridgehead atoms. The normalized spacial score (nSPS) is 11.6. The van der Waals surface area contributed by atoms with E-state index >= 15 is 0 Å². The number of carbonyl (C=O) groups excluding carboxylic acids is 1. The maximum Gasteiger partial charge on any atom is 0.234 e. The number of carbonyl (C=O) groups is 1. The quantitative estimate of drug-likeness (QED) is 0.615. The van der Waals surface area contributed by atoms with Gasteiger partial charge in [0.2, 0.25) is 5.91 Å². The number of amides is 1. The van der Waals surface area contributed by atoms with Crippen LogP contribution in [0.3, 0.4) is 0 Å². The van der Waals surface area contributed by atoms with E-state index in [1.165, 1.54) is 17.3 Å². The Kier molecular flexibility index (Phi) is 5.46. The predicted octanol–water partition coefficient (Wildman–Crippen LogP) is 4.91. The van der Waals surface area contributed by atoms with Crippen LogP contribution < -0.4 is 10.1 Å². The van der Waals surface area contributed by atoms with Gasteiger partial charge < -0.3 is 15.0 Å². The number of imidazole rings is 1. The number of aromatic nitrogens is 2. The number of hydrogen-bond donors (Lipinski definition) is 2. The van der Waals surface area contributed by atoms with Crippen molar-refractivity contribution in [2.24, 2.45) is 0 Å². The molecule has 0 aliphatic heterocycles. The largest absolute Gasteiger partial charge is 0.495 e. The van der Waals surface area contributed by atoms with Gasteiger partial charge in [-0.2, -0.15) is 0 Å². The van der Waals surface area contributed by atoms with Crippen molar-refractivity contribution in [3.63, 3.8) is 0 Å². The van der Waals surface area contributed by atoms with Crippen molar-refractivity contribution >= 4 is 34.4 Å². The number of rotatable bonds is 5. The van der Waals surface area contributed by atoms with Crippen LogP contribution in [0.1, 0.15) is 31.9 Å². The monoisotopic (exact) mass is 383 g/mol. The van der Waals surface area contributed by atoms with Crippen LogP contribution in [-0.4, -0.2) is 28.7 Å². The molecule has 0 fully saturated rings. The van der Waals surface area contributed by atoms with E-state index in [9.17, 15) is 4.79 Å². The standard InChI is InChI=1S/C21H25N3O2S/c1-13-6-8-15-16(10-13)24-20(23-15)27-12-19(25)22-17-11-14(21(2,3)4)7-9-18(17)26-5/h6-11H,12H2,1-5H3,(H,22,25)(H,23,24). The topological polar surface area (TPSA) is 67.0 Å². The number of benzene rings is 2. The zero-order chi connectivity index (χ0) is 19.6. The van der Waals surface area contributed by atoms with Gasteiger partial charge in [-0.3, -0.25) is 4.79 Å². The van der Waals surface area contributed by atoms with Crippen molar-refractivity contribution in [2.75, 3.05) is 18.2 Å². The SMILES string of the molecule is COc1ccc(C(C)(C)C)cc1NC(=O)CSc1nc2ccc(C)cc2[nH]1. The molecule has 0 aliphatic rings. The van der Waals surface area contributed by atoms with Crippen molar-refractivity contribution in [1.82, 2.24) is 9.97 Å².